The molecule has 1 aromatic heterocycles. The molecule has 29 heavy (non-hydrogen) atoms. The van der Waals surface area contributed by atoms with E-state index in [-0.39, 0.29) is 24.6 Å². The number of nitrogens with zero attached hydrogens (tertiary/aromatic N) is 2. The zero-order valence-electron chi connectivity index (χ0n) is 15.8. The number of anilines is 1. The summed E-state index contributed by atoms with van der Waals surface area (Å²) in [5.74, 6) is -1.04. The number of aryl methyl sites for hydroxylation is 1. The molecule has 0 aliphatic heterocycles. The minimum atomic E-state index is -0.661. The lowest BCUT2D eigenvalue weighted by molar-refractivity contribution is -0.115. The smallest absolute Gasteiger partial charge is 0.238 e. The van der Waals surface area contributed by atoms with Crippen LogP contribution in [0.2, 0.25) is 5.02 Å². The first-order valence-corrected chi connectivity index (χ1v) is 9.07. The minimum Gasteiger partial charge on any atom is -0.496 e. The van der Waals surface area contributed by atoms with Gasteiger partial charge >= 0.3 is 0 Å². The van der Waals surface area contributed by atoms with Crippen molar-refractivity contribution in [3.8, 4) is 17.0 Å². The second-order valence-corrected chi connectivity index (χ2v) is 6.67. The minimum absolute atomic E-state index is 0.0509. The summed E-state index contributed by atoms with van der Waals surface area (Å²) in [5, 5.41) is 10.2. The first-order chi connectivity index (χ1) is 13.9. The van der Waals surface area contributed by atoms with Crippen molar-refractivity contribution in [2.45, 2.75) is 6.54 Å². The maximum absolute atomic E-state index is 13.6. The van der Waals surface area contributed by atoms with Crippen LogP contribution in [0.4, 0.5) is 14.5 Å². The Morgan fingerprint density at radius 3 is 2.69 bits per heavy atom. The fourth-order valence-electron chi connectivity index (χ4n) is 2.87. The Bertz CT molecular complexity index is 1020. The molecule has 0 spiro atoms. The first kappa shape index (κ1) is 20.8. The van der Waals surface area contributed by atoms with Gasteiger partial charge in [-0.1, -0.05) is 17.7 Å². The number of benzene rings is 2. The molecular formula is C20H19ClF2N4O2. The van der Waals surface area contributed by atoms with Gasteiger partial charge in [0.25, 0.3) is 0 Å². The number of hydrogen-bond donors (Lipinski definition) is 2. The Morgan fingerprint density at radius 1 is 1.24 bits per heavy atom. The molecule has 152 valence electrons. The highest BCUT2D eigenvalue weighted by molar-refractivity contribution is 6.33. The van der Waals surface area contributed by atoms with Crippen molar-refractivity contribution in [1.29, 1.82) is 0 Å². The molecule has 0 unspecified atom stereocenters. The standard InChI is InChI=1S/C20H19ClF2N4O2/c1-27-20(16(21)10-25-27)15-8-14(5-6-18(15)29-2)26-19(28)11-24-9-12-3-4-13(22)7-17(12)23/h3-8,10,24H,9,11H2,1-2H3,(H,26,28). The van der Waals surface area contributed by atoms with Gasteiger partial charge in [0.15, 0.2) is 0 Å². The summed E-state index contributed by atoms with van der Waals surface area (Å²) in [5.41, 5.74) is 2.15. The van der Waals surface area contributed by atoms with Crippen LogP contribution in [-0.4, -0.2) is 29.3 Å². The molecule has 1 amide bonds. The van der Waals surface area contributed by atoms with E-state index in [4.69, 9.17) is 16.3 Å². The van der Waals surface area contributed by atoms with Crippen LogP contribution in [0.25, 0.3) is 11.3 Å². The molecule has 2 N–H and O–H groups in total. The lowest BCUT2D eigenvalue weighted by Crippen LogP contribution is -2.28. The van der Waals surface area contributed by atoms with E-state index in [0.29, 0.717) is 27.7 Å². The zero-order valence-corrected chi connectivity index (χ0v) is 16.6. The topological polar surface area (TPSA) is 68.2 Å². The number of methoxy groups -OCH3 is 1. The van der Waals surface area contributed by atoms with E-state index in [1.807, 2.05) is 0 Å². The molecule has 1 heterocycles. The maximum atomic E-state index is 13.6. The van der Waals surface area contributed by atoms with Crippen LogP contribution in [0.3, 0.4) is 0 Å². The van der Waals surface area contributed by atoms with Crippen LogP contribution < -0.4 is 15.4 Å². The van der Waals surface area contributed by atoms with Gasteiger partial charge in [0.2, 0.25) is 5.91 Å². The number of hydrogen-bond acceptors (Lipinski definition) is 4. The highest BCUT2D eigenvalue weighted by Crippen LogP contribution is 2.36. The average Bonchev–Trinajstić information content (AvgIpc) is 3.01. The van der Waals surface area contributed by atoms with Crippen molar-refractivity contribution in [2.24, 2.45) is 7.05 Å². The Morgan fingerprint density at radius 2 is 2.03 bits per heavy atom. The van der Waals surface area contributed by atoms with Gasteiger partial charge in [-0.25, -0.2) is 8.78 Å². The van der Waals surface area contributed by atoms with E-state index in [1.165, 1.54) is 18.3 Å². The maximum Gasteiger partial charge on any atom is 0.238 e. The number of aromatic nitrogens is 2. The van der Waals surface area contributed by atoms with E-state index < -0.39 is 11.6 Å². The summed E-state index contributed by atoms with van der Waals surface area (Å²) in [7, 11) is 3.30. The molecule has 0 aliphatic rings. The van der Waals surface area contributed by atoms with Crippen LogP contribution in [0.15, 0.2) is 42.6 Å². The second kappa shape index (κ2) is 9.02. The lowest BCUT2D eigenvalue weighted by atomic mass is 10.1. The number of nitrogens with one attached hydrogen (secondary N) is 2. The first-order valence-electron chi connectivity index (χ1n) is 8.69. The van der Waals surface area contributed by atoms with Gasteiger partial charge < -0.3 is 15.4 Å². The highest BCUT2D eigenvalue weighted by atomic mass is 35.5. The Hall–Kier alpha value is -2.97. The molecule has 0 saturated heterocycles. The summed E-state index contributed by atoms with van der Waals surface area (Å²) < 4.78 is 33.6. The quantitative estimate of drug-likeness (QED) is 0.610. The van der Waals surface area contributed by atoms with Crippen LogP contribution >= 0.6 is 11.6 Å². The number of amides is 1. The molecule has 0 fully saturated rings. The normalized spacial score (nSPS) is 10.8. The third kappa shape index (κ3) is 4.90. The summed E-state index contributed by atoms with van der Waals surface area (Å²) in [6.45, 7) is 0.0443. The molecule has 0 atom stereocenters. The van der Waals surface area contributed by atoms with Gasteiger partial charge in [0, 0.05) is 36.5 Å². The van der Waals surface area contributed by atoms with Crippen LogP contribution in [-0.2, 0) is 18.4 Å². The van der Waals surface area contributed by atoms with E-state index in [9.17, 15) is 13.6 Å². The molecule has 0 saturated carbocycles. The molecule has 3 aromatic rings. The summed E-state index contributed by atoms with van der Waals surface area (Å²) in [6.07, 6.45) is 1.53. The van der Waals surface area contributed by atoms with Gasteiger partial charge in [0.05, 0.1) is 30.6 Å². The average molecular weight is 421 g/mol. The third-order valence-electron chi connectivity index (χ3n) is 4.25. The number of carbonyl (C=O) groups excluding carboxylic acids is 1. The Labute approximate surface area is 171 Å². The highest BCUT2D eigenvalue weighted by Gasteiger charge is 2.16. The molecule has 0 radical (unpaired) electrons. The lowest BCUT2D eigenvalue weighted by Gasteiger charge is -2.13. The van der Waals surface area contributed by atoms with Crippen LogP contribution in [0, 0.1) is 11.6 Å². The summed E-state index contributed by atoms with van der Waals surface area (Å²) in [6, 6.07) is 8.46. The molecule has 3 rings (SSSR count). The predicted octanol–water partition coefficient (Wildman–Crippen LogP) is 3.76. The zero-order chi connectivity index (χ0) is 21.0. The van der Waals surface area contributed by atoms with Crippen molar-refractivity contribution < 1.29 is 18.3 Å². The van der Waals surface area contributed by atoms with Crippen molar-refractivity contribution in [3.63, 3.8) is 0 Å². The molecule has 6 nitrogen and oxygen atoms in total. The van der Waals surface area contributed by atoms with Gasteiger partial charge in [-0.3, -0.25) is 9.48 Å². The van der Waals surface area contributed by atoms with Crippen LogP contribution in [0.5, 0.6) is 5.75 Å². The fraction of sp³-hybridized carbons (Fsp3) is 0.200. The molecule has 2 aromatic carbocycles. The molecule has 0 bridgehead atoms. The van der Waals surface area contributed by atoms with Crippen LogP contribution in [0.1, 0.15) is 5.56 Å². The fourth-order valence-corrected chi connectivity index (χ4v) is 3.13. The van der Waals surface area contributed by atoms with E-state index >= 15 is 0 Å². The van der Waals surface area contributed by atoms with Crippen molar-refractivity contribution >= 4 is 23.2 Å². The monoisotopic (exact) mass is 420 g/mol. The van der Waals surface area contributed by atoms with Gasteiger partial charge in [0.1, 0.15) is 17.4 Å². The van der Waals surface area contributed by atoms with Crippen molar-refractivity contribution in [1.82, 2.24) is 15.1 Å². The summed E-state index contributed by atoms with van der Waals surface area (Å²) in [4.78, 5) is 12.2. The Kier molecular flexibility index (Phi) is 6.46. The van der Waals surface area contributed by atoms with Gasteiger partial charge in [-0.2, -0.15) is 5.10 Å². The van der Waals surface area contributed by atoms with Gasteiger partial charge in [-0.05, 0) is 24.3 Å². The van der Waals surface area contributed by atoms with E-state index in [2.05, 4.69) is 15.7 Å². The number of rotatable bonds is 7. The SMILES string of the molecule is COc1ccc(NC(=O)CNCc2ccc(F)cc2F)cc1-c1c(Cl)cnn1C. The third-order valence-corrected chi connectivity index (χ3v) is 4.53. The largest absolute Gasteiger partial charge is 0.496 e. The number of carbonyl (C=O) groups is 1. The van der Waals surface area contributed by atoms with Crippen molar-refractivity contribution in [3.05, 3.63) is 64.8 Å². The molecular weight excluding hydrogens is 402 g/mol. The Balaban J connectivity index is 1.67. The van der Waals surface area contributed by atoms with E-state index in [0.717, 1.165) is 6.07 Å². The van der Waals surface area contributed by atoms with E-state index in [1.54, 1.807) is 37.0 Å². The van der Waals surface area contributed by atoms with Gasteiger partial charge in [-0.15, -0.1) is 0 Å². The number of halogens is 3. The summed E-state index contributed by atoms with van der Waals surface area (Å²) >= 11 is 6.23. The molecule has 9 heteroatoms. The molecule has 0 aliphatic carbocycles. The van der Waals surface area contributed by atoms with Crippen molar-refractivity contribution in [2.75, 3.05) is 19.0 Å². The second-order valence-electron chi connectivity index (χ2n) is 6.27. The number of ether oxygens (including phenoxy) is 1. The predicted molar refractivity (Wildman–Crippen MR) is 107 cm³/mol.